The number of aromatic nitrogens is 3. The first-order chi connectivity index (χ1) is 11.0. The van der Waals surface area contributed by atoms with E-state index >= 15 is 0 Å². The molecule has 0 radical (unpaired) electrons. The Morgan fingerprint density at radius 3 is 2.83 bits per heavy atom. The van der Waals surface area contributed by atoms with Crippen LogP contribution in [-0.2, 0) is 10.2 Å². The molecule has 1 saturated heterocycles. The first-order valence-electron chi connectivity index (χ1n) is 7.53. The molecule has 1 amide bonds. The second-order valence-electron chi connectivity index (χ2n) is 6.30. The summed E-state index contributed by atoms with van der Waals surface area (Å²) in [4.78, 5) is 17.7. The van der Waals surface area contributed by atoms with Crippen LogP contribution in [-0.4, -0.2) is 39.1 Å². The summed E-state index contributed by atoms with van der Waals surface area (Å²) < 4.78 is 5.77. The van der Waals surface area contributed by atoms with Gasteiger partial charge in [0.15, 0.2) is 0 Å². The predicted molar refractivity (Wildman–Crippen MR) is 84.1 cm³/mol. The normalized spacial score (nSPS) is 15.7. The zero-order chi connectivity index (χ0) is 16.4. The van der Waals surface area contributed by atoms with E-state index < -0.39 is 0 Å². The Labute approximate surface area is 134 Å². The van der Waals surface area contributed by atoms with Crippen molar-refractivity contribution in [3.05, 3.63) is 30.4 Å². The molecular weight excluding hydrogens is 292 g/mol. The minimum Gasteiger partial charge on any atom is -0.420 e. The maximum atomic E-state index is 12.0. The summed E-state index contributed by atoms with van der Waals surface area (Å²) in [5.41, 5.74) is 0.465. The van der Waals surface area contributed by atoms with E-state index in [1.807, 2.05) is 32.9 Å². The van der Waals surface area contributed by atoms with Crippen LogP contribution < -0.4 is 0 Å². The highest BCUT2D eigenvalue weighted by molar-refractivity contribution is 5.94. The highest BCUT2D eigenvalue weighted by Crippen LogP contribution is 2.34. The number of nitrogens with zero attached hydrogens (tertiary/aromatic N) is 4. The van der Waals surface area contributed by atoms with Gasteiger partial charge >= 0.3 is 0 Å². The molecule has 3 heterocycles. The Hall–Kier alpha value is -2.68. The third-order valence-corrected chi connectivity index (χ3v) is 3.68. The van der Waals surface area contributed by atoms with Crippen LogP contribution in [0.1, 0.15) is 26.7 Å². The molecule has 0 bridgehead atoms. The Morgan fingerprint density at radius 2 is 2.17 bits per heavy atom. The van der Waals surface area contributed by atoms with Crippen molar-refractivity contribution in [2.24, 2.45) is 5.92 Å². The Kier molecular flexibility index (Phi) is 3.87. The van der Waals surface area contributed by atoms with E-state index in [1.165, 1.54) is 0 Å². The van der Waals surface area contributed by atoms with E-state index in [-0.39, 0.29) is 17.2 Å². The molecule has 0 atom stereocenters. The van der Waals surface area contributed by atoms with Crippen molar-refractivity contribution < 1.29 is 9.21 Å². The van der Waals surface area contributed by atoms with Crippen LogP contribution >= 0.6 is 0 Å². The van der Waals surface area contributed by atoms with Gasteiger partial charge in [-0.15, -0.1) is 10.2 Å². The molecule has 0 saturated carbocycles. The summed E-state index contributed by atoms with van der Waals surface area (Å²) in [7, 11) is 0. The molecule has 1 aliphatic heterocycles. The average molecular weight is 310 g/mol. The van der Waals surface area contributed by atoms with Gasteiger partial charge in [0, 0.05) is 31.4 Å². The molecule has 0 spiro atoms. The van der Waals surface area contributed by atoms with Crippen molar-refractivity contribution >= 4 is 5.91 Å². The first-order valence-corrected chi connectivity index (χ1v) is 7.53. The monoisotopic (exact) mass is 310 g/mol. The van der Waals surface area contributed by atoms with E-state index in [2.05, 4.69) is 27.0 Å². The fourth-order valence-corrected chi connectivity index (χ4v) is 2.43. The smallest absolute Gasteiger partial charge is 0.298 e. The van der Waals surface area contributed by atoms with Gasteiger partial charge in [-0.2, -0.15) is 0 Å². The average Bonchev–Trinajstić information content (AvgIpc) is 3.00. The minimum absolute atomic E-state index is 0.150. The molecule has 6 heteroatoms. The summed E-state index contributed by atoms with van der Waals surface area (Å²) in [5, 5.41) is 8.21. The summed E-state index contributed by atoms with van der Waals surface area (Å²) >= 11 is 0. The number of carbonyl (C=O) groups is 1. The number of amides is 1. The molecule has 3 rings (SSSR count). The van der Waals surface area contributed by atoms with Crippen molar-refractivity contribution in [1.29, 1.82) is 0 Å². The van der Waals surface area contributed by atoms with Gasteiger partial charge in [0.25, 0.3) is 5.91 Å². The van der Waals surface area contributed by atoms with E-state index in [0.717, 1.165) is 5.56 Å². The van der Waals surface area contributed by atoms with Gasteiger partial charge in [0.2, 0.25) is 11.8 Å². The van der Waals surface area contributed by atoms with Gasteiger partial charge in [-0.3, -0.25) is 9.78 Å². The van der Waals surface area contributed by atoms with E-state index in [1.54, 1.807) is 17.3 Å². The van der Waals surface area contributed by atoms with Crippen LogP contribution in [0, 0.1) is 17.8 Å². The zero-order valence-corrected chi connectivity index (χ0v) is 13.4. The summed E-state index contributed by atoms with van der Waals surface area (Å²) in [6, 6.07) is 3.68. The lowest BCUT2D eigenvalue weighted by atomic mass is 9.82. The van der Waals surface area contributed by atoms with Gasteiger partial charge in [-0.1, -0.05) is 19.8 Å². The predicted octanol–water partition coefficient (Wildman–Crippen LogP) is 1.89. The van der Waals surface area contributed by atoms with Gasteiger partial charge in [-0.25, -0.2) is 0 Å². The van der Waals surface area contributed by atoms with E-state index in [9.17, 15) is 4.79 Å². The number of carbonyl (C=O) groups excluding carboxylic acids is 1. The fourth-order valence-electron chi connectivity index (χ4n) is 2.43. The molecule has 0 aliphatic carbocycles. The number of pyridine rings is 1. The second kappa shape index (κ2) is 5.84. The lowest BCUT2D eigenvalue weighted by molar-refractivity contribution is -0.132. The highest BCUT2D eigenvalue weighted by Gasteiger charge is 2.46. The quantitative estimate of drug-likeness (QED) is 0.792. The van der Waals surface area contributed by atoms with Crippen LogP contribution in [0.3, 0.4) is 0 Å². The van der Waals surface area contributed by atoms with Crippen molar-refractivity contribution in [3.63, 3.8) is 0 Å². The summed E-state index contributed by atoms with van der Waals surface area (Å²) in [5.74, 6) is 6.57. The SMILES string of the molecule is CC(C)C#CC(=O)N1CC(C)(c2nnc(-c3cccnc3)o2)C1. The van der Waals surface area contributed by atoms with Crippen LogP contribution in [0.15, 0.2) is 28.9 Å². The third kappa shape index (κ3) is 3.09. The number of hydrogen-bond donors (Lipinski definition) is 0. The molecule has 6 nitrogen and oxygen atoms in total. The van der Waals surface area contributed by atoms with E-state index in [0.29, 0.717) is 24.9 Å². The highest BCUT2D eigenvalue weighted by atomic mass is 16.4. The topological polar surface area (TPSA) is 72.1 Å². The standard InChI is InChI=1S/C17H18N4O2/c1-12(2)6-7-14(22)21-10-17(3,11-21)16-20-19-15(23-16)13-5-4-8-18-9-13/h4-5,8-9,12H,10-11H2,1-3H3. The zero-order valence-electron chi connectivity index (χ0n) is 13.4. The van der Waals surface area contributed by atoms with Crippen molar-refractivity contribution in [3.8, 4) is 23.3 Å². The summed E-state index contributed by atoms with van der Waals surface area (Å²) in [6.07, 6.45) is 3.37. The van der Waals surface area contributed by atoms with Gasteiger partial charge < -0.3 is 9.32 Å². The fraction of sp³-hybridized carbons (Fsp3) is 0.412. The van der Waals surface area contributed by atoms with E-state index in [4.69, 9.17) is 4.42 Å². The molecule has 2 aromatic rings. The Morgan fingerprint density at radius 1 is 1.39 bits per heavy atom. The molecular formula is C17H18N4O2. The van der Waals surface area contributed by atoms with Crippen LogP contribution in [0.2, 0.25) is 0 Å². The van der Waals surface area contributed by atoms with Crippen LogP contribution in [0.4, 0.5) is 0 Å². The number of likely N-dealkylation sites (tertiary alicyclic amines) is 1. The van der Waals surface area contributed by atoms with Gasteiger partial charge in [0.1, 0.15) is 0 Å². The Bertz CT molecular complexity index is 765. The third-order valence-electron chi connectivity index (χ3n) is 3.68. The molecule has 0 N–H and O–H groups in total. The largest absolute Gasteiger partial charge is 0.420 e. The van der Waals surface area contributed by atoms with Crippen LogP contribution in [0.25, 0.3) is 11.5 Å². The minimum atomic E-state index is -0.317. The van der Waals surface area contributed by atoms with Crippen LogP contribution in [0.5, 0.6) is 0 Å². The lowest BCUT2D eigenvalue weighted by Crippen LogP contribution is -2.59. The van der Waals surface area contributed by atoms with Crippen molar-refractivity contribution in [2.75, 3.05) is 13.1 Å². The van der Waals surface area contributed by atoms with Crippen molar-refractivity contribution in [2.45, 2.75) is 26.2 Å². The summed E-state index contributed by atoms with van der Waals surface area (Å²) in [6.45, 7) is 6.99. The maximum Gasteiger partial charge on any atom is 0.298 e. The first kappa shape index (κ1) is 15.2. The second-order valence-corrected chi connectivity index (χ2v) is 6.30. The molecule has 118 valence electrons. The van der Waals surface area contributed by atoms with Crippen molar-refractivity contribution in [1.82, 2.24) is 20.1 Å². The van der Waals surface area contributed by atoms with Gasteiger partial charge in [-0.05, 0) is 25.0 Å². The van der Waals surface area contributed by atoms with Gasteiger partial charge in [0.05, 0.1) is 11.0 Å². The molecule has 0 aromatic carbocycles. The molecule has 0 unspecified atom stereocenters. The molecule has 1 aliphatic rings. The number of hydrogen-bond acceptors (Lipinski definition) is 5. The molecule has 1 fully saturated rings. The molecule has 2 aromatic heterocycles. The maximum absolute atomic E-state index is 12.0. The lowest BCUT2D eigenvalue weighted by Gasteiger charge is -2.44. The Balaban J connectivity index is 1.69. The molecule has 23 heavy (non-hydrogen) atoms. The number of rotatable bonds is 2.